The quantitative estimate of drug-likeness (QED) is 0.718. The van der Waals surface area contributed by atoms with Crippen molar-refractivity contribution in [3.05, 3.63) is 28.3 Å². The zero-order valence-corrected chi connectivity index (χ0v) is 7.87. The standard InChI is InChI=1S/C9H9N3O2/c1-5-3-6(14-2)12-8-7(5)9(13)11-4-10-8/h3-4H,1-2H3,(H,10,11,12,13). The van der Waals surface area contributed by atoms with Crippen LogP contribution in [0.15, 0.2) is 17.2 Å². The van der Waals surface area contributed by atoms with Crippen LogP contribution in [-0.2, 0) is 0 Å². The second-order valence-electron chi connectivity index (χ2n) is 2.91. The molecular formula is C9H9N3O2. The number of hydrogen-bond acceptors (Lipinski definition) is 4. The summed E-state index contributed by atoms with van der Waals surface area (Å²) in [7, 11) is 1.53. The molecule has 0 aromatic carbocycles. The maximum Gasteiger partial charge on any atom is 0.260 e. The number of aromatic nitrogens is 3. The molecule has 2 aromatic rings. The van der Waals surface area contributed by atoms with E-state index in [1.54, 1.807) is 6.07 Å². The number of rotatable bonds is 1. The van der Waals surface area contributed by atoms with Crippen LogP contribution in [-0.4, -0.2) is 22.1 Å². The Labute approximate surface area is 79.8 Å². The van der Waals surface area contributed by atoms with E-state index >= 15 is 0 Å². The predicted octanol–water partition coefficient (Wildman–Crippen LogP) is 0.635. The van der Waals surface area contributed by atoms with Gasteiger partial charge in [0.1, 0.15) is 0 Å². The van der Waals surface area contributed by atoms with Gasteiger partial charge >= 0.3 is 0 Å². The minimum atomic E-state index is -0.178. The summed E-state index contributed by atoms with van der Waals surface area (Å²) in [6, 6.07) is 1.71. The molecule has 0 spiro atoms. The van der Waals surface area contributed by atoms with Crippen molar-refractivity contribution in [2.24, 2.45) is 0 Å². The molecule has 14 heavy (non-hydrogen) atoms. The summed E-state index contributed by atoms with van der Waals surface area (Å²) >= 11 is 0. The van der Waals surface area contributed by atoms with Gasteiger partial charge in [-0.1, -0.05) is 0 Å². The Bertz CT molecular complexity index is 533. The Balaban J connectivity index is 2.90. The molecule has 2 heterocycles. The first-order valence-corrected chi connectivity index (χ1v) is 4.11. The highest BCUT2D eigenvalue weighted by molar-refractivity contribution is 5.77. The van der Waals surface area contributed by atoms with Crippen LogP contribution in [0.1, 0.15) is 5.56 Å². The number of pyridine rings is 1. The molecule has 0 saturated carbocycles. The van der Waals surface area contributed by atoms with Crippen LogP contribution in [0.2, 0.25) is 0 Å². The molecule has 0 aliphatic rings. The smallest absolute Gasteiger partial charge is 0.260 e. The zero-order chi connectivity index (χ0) is 10.1. The highest BCUT2D eigenvalue weighted by atomic mass is 16.5. The van der Waals surface area contributed by atoms with Gasteiger partial charge in [-0.05, 0) is 12.5 Å². The van der Waals surface area contributed by atoms with E-state index in [2.05, 4.69) is 15.0 Å². The number of ether oxygens (including phenoxy) is 1. The van der Waals surface area contributed by atoms with Crippen molar-refractivity contribution in [1.29, 1.82) is 0 Å². The van der Waals surface area contributed by atoms with Gasteiger partial charge in [0.15, 0.2) is 5.65 Å². The van der Waals surface area contributed by atoms with E-state index in [1.165, 1.54) is 13.4 Å². The summed E-state index contributed by atoms with van der Waals surface area (Å²) in [5.41, 5.74) is 1.04. The van der Waals surface area contributed by atoms with Crippen molar-refractivity contribution in [2.75, 3.05) is 7.11 Å². The molecule has 5 nitrogen and oxygen atoms in total. The molecule has 0 unspecified atom stereocenters. The average Bonchev–Trinajstić information content (AvgIpc) is 2.17. The number of methoxy groups -OCH3 is 1. The van der Waals surface area contributed by atoms with E-state index in [9.17, 15) is 4.79 Å². The molecule has 0 saturated heterocycles. The Morgan fingerprint density at radius 1 is 1.50 bits per heavy atom. The molecule has 0 fully saturated rings. The molecule has 0 bridgehead atoms. The lowest BCUT2D eigenvalue weighted by Gasteiger charge is -2.02. The number of aromatic amines is 1. The van der Waals surface area contributed by atoms with Gasteiger partial charge < -0.3 is 9.72 Å². The van der Waals surface area contributed by atoms with Crippen LogP contribution in [0.25, 0.3) is 11.0 Å². The van der Waals surface area contributed by atoms with Crippen molar-refractivity contribution in [2.45, 2.75) is 6.92 Å². The Morgan fingerprint density at radius 2 is 2.29 bits per heavy atom. The number of nitrogens with one attached hydrogen (secondary N) is 1. The van der Waals surface area contributed by atoms with E-state index < -0.39 is 0 Å². The summed E-state index contributed by atoms with van der Waals surface area (Å²) < 4.78 is 4.98. The van der Waals surface area contributed by atoms with Crippen LogP contribution in [0, 0.1) is 6.92 Å². The van der Waals surface area contributed by atoms with E-state index in [0.717, 1.165) is 5.56 Å². The van der Waals surface area contributed by atoms with Gasteiger partial charge in [0.2, 0.25) is 5.88 Å². The van der Waals surface area contributed by atoms with Crippen LogP contribution in [0.3, 0.4) is 0 Å². The van der Waals surface area contributed by atoms with Crippen LogP contribution in [0.5, 0.6) is 5.88 Å². The van der Waals surface area contributed by atoms with E-state index in [1.807, 2.05) is 6.92 Å². The number of hydrogen-bond donors (Lipinski definition) is 1. The van der Waals surface area contributed by atoms with Gasteiger partial charge in [-0.25, -0.2) is 4.98 Å². The van der Waals surface area contributed by atoms with Gasteiger partial charge in [0.05, 0.1) is 18.8 Å². The molecule has 0 radical (unpaired) electrons. The number of fused-ring (bicyclic) bond motifs is 1. The predicted molar refractivity (Wildman–Crippen MR) is 51.4 cm³/mol. The van der Waals surface area contributed by atoms with Crippen LogP contribution in [0.4, 0.5) is 0 Å². The SMILES string of the molecule is COc1cc(C)c2c(=O)[nH]cnc2n1. The normalized spacial score (nSPS) is 10.4. The fourth-order valence-electron chi connectivity index (χ4n) is 1.33. The van der Waals surface area contributed by atoms with Gasteiger partial charge in [0, 0.05) is 6.07 Å². The number of H-pyrrole nitrogens is 1. The van der Waals surface area contributed by atoms with Gasteiger partial charge in [-0.3, -0.25) is 4.79 Å². The Kier molecular flexibility index (Phi) is 1.92. The number of aryl methyl sites for hydroxylation is 1. The molecule has 2 aromatic heterocycles. The summed E-state index contributed by atoms with van der Waals surface area (Å²) in [5.74, 6) is 0.466. The van der Waals surface area contributed by atoms with Crippen molar-refractivity contribution in [3.8, 4) is 5.88 Å². The Hall–Kier alpha value is -1.91. The second-order valence-corrected chi connectivity index (χ2v) is 2.91. The maximum atomic E-state index is 11.4. The maximum absolute atomic E-state index is 11.4. The number of nitrogens with zero attached hydrogens (tertiary/aromatic N) is 2. The third-order valence-electron chi connectivity index (χ3n) is 1.99. The van der Waals surface area contributed by atoms with Crippen molar-refractivity contribution < 1.29 is 4.74 Å². The topological polar surface area (TPSA) is 67.9 Å². The lowest BCUT2D eigenvalue weighted by Crippen LogP contribution is -2.09. The molecule has 1 N–H and O–H groups in total. The summed E-state index contributed by atoms with van der Waals surface area (Å²) in [5, 5.41) is 0.508. The van der Waals surface area contributed by atoms with Crippen molar-refractivity contribution in [1.82, 2.24) is 15.0 Å². The van der Waals surface area contributed by atoms with E-state index in [-0.39, 0.29) is 5.56 Å². The van der Waals surface area contributed by atoms with Crippen LogP contribution >= 0.6 is 0 Å². The molecule has 5 heteroatoms. The van der Waals surface area contributed by atoms with Crippen molar-refractivity contribution in [3.63, 3.8) is 0 Å². The largest absolute Gasteiger partial charge is 0.481 e. The fraction of sp³-hybridized carbons (Fsp3) is 0.222. The monoisotopic (exact) mass is 191 g/mol. The van der Waals surface area contributed by atoms with Gasteiger partial charge in [-0.2, -0.15) is 4.98 Å². The molecule has 0 atom stereocenters. The highest BCUT2D eigenvalue weighted by Crippen LogP contribution is 2.15. The van der Waals surface area contributed by atoms with Gasteiger partial charge in [0.25, 0.3) is 5.56 Å². The first-order valence-electron chi connectivity index (χ1n) is 4.11. The zero-order valence-electron chi connectivity index (χ0n) is 7.87. The second kappa shape index (κ2) is 3.10. The minimum absolute atomic E-state index is 0.178. The van der Waals surface area contributed by atoms with Gasteiger partial charge in [-0.15, -0.1) is 0 Å². The molecule has 0 amide bonds. The highest BCUT2D eigenvalue weighted by Gasteiger charge is 2.06. The first-order chi connectivity index (χ1) is 6.72. The minimum Gasteiger partial charge on any atom is -0.481 e. The summed E-state index contributed by atoms with van der Waals surface area (Å²) in [6.07, 6.45) is 1.33. The average molecular weight is 191 g/mol. The molecule has 0 aliphatic carbocycles. The molecule has 72 valence electrons. The first kappa shape index (κ1) is 8.68. The van der Waals surface area contributed by atoms with E-state index in [4.69, 9.17) is 4.74 Å². The Morgan fingerprint density at radius 3 is 3.00 bits per heavy atom. The third kappa shape index (κ3) is 1.22. The molecular weight excluding hydrogens is 182 g/mol. The van der Waals surface area contributed by atoms with E-state index in [0.29, 0.717) is 16.9 Å². The summed E-state index contributed by atoms with van der Waals surface area (Å²) in [4.78, 5) is 22.0. The van der Waals surface area contributed by atoms with Crippen molar-refractivity contribution >= 4 is 11.0 Å². The lowest BCUT2D eigenvalue weighted by molar-refractivity contribution is 0.399. The third-order valence-corrected chi connectivity index (χ3v) is 1.99. The summed E-state index contributed by atoms with van der Waals surface area (Å²) in [6.45, 7) is 1.82. The van der Waals surface area contributed by atoms with Crippen LogP contribution < -0.4 is 10.3 Å². The molecule has 0 aliphatic heterocycles. The fourth-order valence-corrected chi connectivity index (χ4v) is 1.33. The molecule has 2 rings (SSSR count). The lowest BCUT2D eigenvalue weighted by atomic mass is 10.2.